The van der Waals surface area contributed by atoms with Gasteiger partial charge in [-0.3, -0.25) is 0 Å². The van der Waals surface area contributed by atoms with E-state index in [2.05, 4.69) is 10.1 Å². The summed E-state index contributed by atoms with van der Waals surface area (Å²) in [5.41, 5.74) is 0. The molecule has 1 aliphatic carbocycles. The van der Waals surface area contributed by atoms with Crippen LogP contribution in [0.2, 0.25) is 0 Å². The van der Waals surface area contributed by atoms with Gasteiger partial charge in [0, 0.05) is 12.6 Å². The number of halogens is 5. The summed E-state index contributed by atoms with van der Waals surface area (Å²) in [6.45, 7) is -0.496. The lowest BCUT2D eigenvalue weighted by Crippen LogP contribution is -2.46. The summed E-state index contributed by atoms with van der Waals surface area (Å²) < 4.78 is 66.2. The Hall–Kier alpha value is -0.430. The van der Waals surface area contributed by atoms with Crippen LogP contribution in [-0.2, 0) is 4.74 Å². The first-order valence-corrected chi connectivity index (χ1v) is 6.07. The molecule has 1 fully saturated rings. The predicted octanol–water partition coefficient (Wildman–Crippen LogP) is 2.98. The molecule has 0 radical (unpaired) electrons. The number of nitrogens with one attached hydrogen (secondary N) is 1. The molecule has 0 aromatic rings. The average molecular weight is 275 g/mol. The van der Waals surface area contributed by atoms with Gasteiger partial charge in [-0.15, -0.1) is 0 Å². The van der Waals surface area contributed by atoms with Crippen molar-refractivity contribution in [1.29, 1.82) is 0 Å². The standard InChI is InChI=1S/C11H18F5NO/c12-10(13)7-18-6-5-17-9-4-2-1-3-8(9)11(14,15)16/h8-10,17H,1-7H2. The van der Waals surface area contributed by atoms with Crippen molar-refractivity contribution in [1.82, 2.24) is 5.32 Å². The van der Waals surface area contributed by atoms with E-state index in [1.54, 1.807) is 0 Å². The second-order valence-corrected chi connectivity index (χ2v) is 4.46. The van der Waals surface area contributed by atoms with Gasteiger partial charge in [-0.25, -0.2) is 8.78 Å². The first-order valence-electron chi connectivity index (χ1n) is 6.07. The van der Waals surface area contributed by atoms with Gasteiger partial charge in [0.25, 0.3) is 6.43 Å². The van der Waals surface area contributed by atoms with Crippen LogP contribution in [0.5, 0.6) is 0 Å². The highest BCUT2D eigenvalue weighted by Gasteiger charge is 2.45. The third-order valence-corrected chi connectivity index (χ3v) is 3.08. The lowest BCUT2D eigenvalue weighted by molar-refractivity contribution is -0.189. The van der Waals surface area contributed by atoms with Crippen LogP contribution in [0, 0.1) is 5.92 Å². The Morgan fingerprint density at radius 2 is 1.83 bits per heavy atom. The van der Waals surface area contributed by atoms with Crippen LogP contribution in [0.15, 0.2) is 0 Å². The van der Waals surface area contributed by atoms with Gasteiger partial charge in [0.1, 0.15) is 6.61 Å². The summed E-state index contributed by atoms with van der Waals surface area (Å²) in [4.78, 5) is 0. The second kappa shape index (κ2) is 7.23. The number of hydrogen-bond donors (Lipinski definition) is 1. The van der Waals surface area contributed by atoms with Crippen LogP contribution in [0.1, 0.15) is 25.7 Å². The molecule has 7 heteroatoms. The smallest absolute Gasteiger partial charge is 0.374 e. The minimum atomic E-state index is -4.19. The molecule has 0 aromatic carbocycles. The summed E-state index contributed by atoms with van der Waals surface area (Å²) in [6, 6.07) is -0.617. The van der Waals surface area contributed by atoms with Crippen molar-refractivity contribution in [2.45, 2.75) is 44.3 Å². The predicted molar refractivity (Wildman–Crippen MR) is 56.6 cm³/mol. The summed E-state index contributed by atoms with van der Waals surface area (Å²) in [6.07, 6.45) is -4.77. The minimum Gasteiger partial charge on any atom is -0.374 e. The maximum atomic E-state index is 12.7. The summed E-state index contributed by atoms with van der Waals surface area (Å²) in [7, 11) is 0. The first kappa shape index (κ1) is 15.6. The van der Waals surface area contributed by atoms with Crippen molar-refractivity contribution in [3.63, 3.8) is 0 Å². The van der Waals surface area contributed by atoms with E-state index >= 15 is 0 Å². The molecule has 2 atom stereocenters. The lowest BCUT2D eigenvalue weighted by Gasteiger charge is -2.33. The van der Waals surface area contributed by atoms with Crippen molar-refractivity contribution >= 4 is 0 Å². The molecule has 1 aliphatic rings. The molecule has 1 saturated carbocycles. The number of hydrogen-bond acceptors (Lipinski definition) is 2. The highest BCUT2D eigenvalue weighted by molar-refractivity contribution is 4.85. The zero-order valence-corrected chi connectivity index (χ0v) is 9.98. The molecule has 18 heavy (non-hydrogen) atoms. The Morgan fingerprint density at radius 3 is 2.44 bits per heavy atom. The largest absolute Gasteiger partial charge is 0.393 e. The average Bonchev–Trinajstić information content (AvgIpc) is 2.27. The molecule has 0 heterocycles. The normalized spacial score (nSPS) is 25.7. The molecule has 2 nitrogen and oxygen atoms in total. The van der Waals surface area contributed by atoms with Gasteiger partial charge in [-0.05, 0) is 12.8 Å². The zero-order valence-electron chi connectivity index (χ0n) is 9.98. The quantitative estimate of drug-likeness (QED) is 0.594. The van der Waals surface area contributed by atoms with Crippen LogP contribution in [0.3, 0.4) is 0 Å². The molecule has 1 N–H and O–H groups in total. The van der Waals surface area contributed by atoms with Crippen molar-refractivity contribution in [3.8, 4) is 0 Å². The topological polar surface area (TPSA) is 21.3 Å². The highest BCUT2D eigenvalue weighted by atomic mass is 19.4. The van der Waals surface area contributed by atoms with Crippen LogP contribution >= 0.6 is 0 Å². The lowest BCUT2D eigenvalue weighted by atomic mass is 9.84. The van der Waals surface area contributed by atoms with Gasteiger partial charge in [-0.1, -0.05) is 12.8 Å². The Bertz CT molecular complexity index is 234. The molecule has 0 aromatic heterocycles. The molecular formula is C11H18F5NO. The van der Waals surface area contributed by atoms with Gasteiger partial charge in [0.15, 0.2) is 0 Å². The molecule has 0 saturated heterocycles. The maximum Gasteiger partial charge on any atom is 0.393 e. The van der Waals surface area contributed by atoms with E-state index in [1.807, 2.05) is 0 Å². The van der Waals surface area contributed by atoms with Gasteiger partial charge >= 0.3 is 6.18 Å². The fraction of sp³-hybridized carbons (Fsp3) is 1.00. The zero-order chi connectivity index (χ0) is 13.6. The van der Waals surface area contributed by atoms with E-state index in [4.69, 9.17) is 0 Å². The first-order chi connectivity index (χ1) is 8.41. The SMILES string of the molecule is FC(F)COCCNC1CCCCC1C(F)(F)F. The van der Waals surface area contributed by atoms with E-state index in [1.165, 1.54) is 0 Å². The van der Waals surface area contributed by atoms with E-state index in [9.17, 15) is 22.0 Å². The third kappa shape index (κ3) is 5.48. The summed E-state index contributed by atoms with van der Waals surface area (Å²) in [5.74, 6) is -1.33. The van der Waals surface area contributed by atoms with Gasteiger partial charge < -0.3 is 10.1 Å². The maximum absolute atomic E-state index is 12.7. The van der Waals surface area contributed by atoms with Crippen LogP contribution < -0.4 is 5.32 Å². The van der Waals surface area contributed by atoms with Crippen molar-refractivity contribution in [2.75, 3.05) is 19.8 Å². The number of ether oxygens (including phenoxy) is 1. The fourth-order valence-corrected chi connectivity index (χ4v) is 2.26. The molecule has 0 spiro atoms. The molecule has 1 rings (SSSR count). The van der Waals surface area contributed by atoms with Crippen LogP contribution in [0.4, 0.5) is 22.0 Å². The molecule has 0 amide bonds. The Morgan fingerprint density at radius 1 is 1.17 bits per heavy atom. The molecule has 108 valence electrons. The molecule has 2 unspecified atom stereocenters. The van der Waals surface area contributed by atoms with E-state index in [-0.39, 0.29) is 19.6 Å². The third-order valence-electron chi connectivity index (χ3n) is 3.08. The van der Waals surface area contributed by atoms with E-state index in [0.717, 1.165) is 6.42 Å². The Kier molecular flexibility index (Phi) is 6.28. The monoisotopic (exact) mass is 275 g/mol. The van der Waals surface area contributed by atoms with Gasteiger partial charge in [0.2, 0.25) is 0 Å². The van der Waals surface area contributed by atoms with Crippen LogP contribution in [-0.4, -0.2) is 38.4 Å². The number of rotatable bonds is 6. The molecule has 0 aliphatic heterocycles. The van der Waals surface area contributed by atoms with E-state index < -0.39 is 31.2 Å². The Balaban J connectivity index is 2.26. The molecular weight excluding hydrogens is 257 g/mol. The summed E-state index contributed by atoms with van der Waals surface area (Å²) >= 11 is 0. The highest BCUT2D eigenvalue weighted by Crippen LogP contribution is 2.37. The molecule has 0 bridgehead atoms. The van der Waals surface area contributed by atoms with Crippen molar-refractivity contribution in [3.05, 3.63) is 0 Å². The van der Waals surface area contributed by atoms with Gasteiger partial charge in [-0.2, -0.15) is 13.2 Å². The minimum absolute atomic E-state index is 0.00537. The van der Waals surface area contributed by atoms with Crippen LogP contribution in [0.25, 0.3) is 0 Å². The van der Waals surface area contributed by atoms with E-state index in [0.29, 0.717) is 12.8 Å². The van der Waals surface area contributed by atoms with Gasteiger partial charge in [0.05, 0.1) is 12.5 Å². The second-order valence-electron chi connectivity index (χ2n) is 4.46. The summed E-state index contributed by atoms with van der Waals surface area (Å²) in [5, 5.41) is 2.76. The number of alkyl halides is 5. The fourth-order valence-electron chi connectivity index (χ4n) is 2.26. The van der Waals surface area contributed by atoms with Crippen molar-refractivity contribution < 1.29 is 26.7 Å². The Labute approximate surface area is 103 Å². The van der Waals surface area contributed by atoms with Crippen molar-refractivity contribution in [2.24, 2.45) is 5.92 Å².